The molecule has 0 aromatic heterocycles. The number of halogens is 1. The van der Waals surface area contributed by atoms with Gasteiger partial charge >= 0.3 is 0 Å². The number of hydrogen-bond acceptors (Lipinski definition) is 2. The van der Waals surface area contributed by atoms with E-state index in [1.165, 1.54) is 0 Å². The Morgan fingerprint density at radius 1 is 1.06 bits per heavy atom. The van der Waals surface area contributed by atoms with Gasteiger partial charge in [0.1, 0.15) is 5.75 Å². The van der Waals surface area contributed by atoms with Crippen molar-refractivity contribution < 1.29 is 4.74 Å². The lowest BCUT2D eigenvalue weighted by Crippen LogP contribution is -1.92. The van der Waals surface area contributed by atoms with Crippen molar-refractivity contribution in [1.82, 2.24) is 0 Å². The summed E-state index contributed by atoms with van der Waals surface area (Å²) in [5, 5.41) is 0. The summed E-state index contributed by atoms with van der Waals surface area (Å²) in [5.74, 6) is 0.812. The van der Waals surface area contributed by atoms with Gasteiger partial charge in [0.05, 0.1) is 7.11 Å². The topological polar surface area (TPSA) is 35.2 Å². The molecule has 2 N–H and O–H groups in total. The van der Waals surface area contributed by atoms with E-state index in [0.717, 1.165) is 27.0 Å². The largest absolute Gasteiger partial charge is 0.496 e. The number of methoxy groups -OCH3 is 1. The summed E-state index contributed by atoms with van der Waals surface area (Å²) < 4.78 is 6.34. The van der Waals surface area contributed by atoms with Crippen molar-refractivity contribution in [3.8, 4) is 16.9 Å². The Hall–Kier alpha value is -1.48. The second-order valence-corrected chi connectivity index (χ2v) is 4.35. The minimum absolute atomic E-state index is 0.753. The van der Waals surface area contributed by atoms with Crippen LogP contribution in [-0.4, -0.2) is 7.11 Å². The first kappa shape index (κ1) is 11.0. The number of nitrogen functional groups attached to an aromatic ring is 1. The fraction of sp³-hybridized carbons (Fsp3) is 0.0769. The highest BCUT2D eigenvalue weighted by atomic mass is 79.9. The molecule has 0 saturated heterocycles. The van der Waals surface area contributed by atoms with Gasteiger partial charge in [-0.05, 0) is 24.3 Å². The van der Waals surface area contributed by atoms with Crippen molar-refractivity contribution in [2.45, 2.75) is 0 Å². The Kier molecular flexibility index (Phi) is 3.15. The third-order valence-corrected chi connectivity index (χ3v) is 2.91. The van der Waals surface area contributed by atoms with Crippen LogP contribution in [0.5, 0.6) is 5.75 Å². The molecule has 0 amide bonds. The Balaban J connectivity index is 2.60. The third-order valence-electron chi connectivity index (χ3n) is 2.41. The highest BCUT2D eigenvalue weighted by molar-refractivity contribution is 9.10. The van der Waals surface area contributed by atoms with Gasteiger partial charge in [-0.25, -0.2) is 0 Å². The molecule has 0 radical (unpaired) electrons. The lowest BCUT2D eigenvalue weighted by Gasteiger charge is -2.11. The van der Waals surface area contributed by atoms with Crippen LogP contribution >= 0.6 is 15.9 Å². The van der Waals surface area contributed by atoms with Crippen LogP contribution in [0.25, 0.3) is 11.1 Å². The van der Waals surface area contributed by atoms with E-state index in [9.17, 15) is 0 Å². The molecule has 0 bridgehead atoms. The molecule has 0 fully saturated rings. The summed E-state index contributed by atoms with van der Waals surface area (Å²) in [5.41, 5.74) is 8.70. The molecule has 2 rings (SSSR count). The van der Waals surface area contributed by atoms with Gasteiger partial charge in [-0.1, -0.05) is 34.1 Å². The molecule has 82 valence electrons. The number of benzene rings is 2. The number of nitrogens with two attached hydrogens (primary N) is 1. The summed E-state index contributed by atoms with van der Waals surface area (Å²) in [6.07, 6.45) is 0. The Bertz CT molecular complexity index is 511. The van der Waals surface area contributed by atoms with Gasteiger partial charge in [0, 0.05) is 21.3 Å². The molecule has 3 heteroatoms. The molecule has 0 aliphatic carbocycles. The standard InChI is InChI=1S/C13H12BrNO/c1-16-13-8-9(14)6-7-11(13)10-4-2-3-5-12(10)15/h2-8H,15H2,1H3. The quantitative estimate of drug-likeness (QED) is 0.850. The van der Waals surface area contributed by atoms with E-state index in [1.807, 2.05) is 42.5 Å². The average Bonchev–Trinajstić information content (AvgIpc) is 2.30. The molecule has 0 saturated carbocycles. The van der Waals surface area contributed by atoms with E-state index < -0.39 is 0 Å². The number of hydrogen-bond donors (Lipinski definition) is 1. The number of para-hydroxylation sites is 1. The highest BCUT2D eigenvalue weighted by Gasteiger charge is 2.08. The molecule has 2 nitrogen and oxygen atoms in total. The van der Waals surface area contributed by atoms with Crippen LogP contribution < -0.4 is 10.5 Å². The lowest BCUT2D eigenvalue weighted by atomic mass is 10.0. The fourth-order valence-corrected chi connectivity index (χ4v) is 1.97. The van der Waals surface area contributed by atoms with Crippen molar-refractivity contribution in [2.75, 3.05) is 12.8 Å². The maximum Gasteiger partial charge on any atom is 0.127 e. The predicted octanol–water partition coefficient (Wildman–Crippen LogP) is 3.71. The minimum atomic E-state index is 0.753. The maximum atomic E-state index is 5.95. The van der Waals surface area contributed by atoms with Gasteiger partial charge in [0.2, 0.25) is 0 Å². The van der Waals surface area contributed by atoms with Crippen molar-refractivity contribution in [3.05, 3.63) is 46.9 Å². The first-order valence-electron chi connectivity index (χ1n) is 4.91. The molecule has 2 aromatic carbocycles. The molecule has 0 heterocycles. The number of anilines is 1. The summed E-state index contributed by atoms with van der Waals surface area (Å²) >= 11 is 3.42. The lowest BCUT2D eigenvalue weighted by molar-refractivity contribution is 0.416. The monoisotopic (exact) mass is 277 g/mol. The van der Waals surface area contributed by atoms with Crippen LogP contribution in [0.1, 0.15) is 0 Å². The smallest absolute Gasteiger partial charge is 0.127 e. The van der Waals surface area contributed by atoms with Crippen molar-refractivity contribution in [1.29, 1.82) is 0 Å². The summed E-state index contributed by atoms with van der Waals surface area (Å²) in [7, 11) is 1.66. The third kappa shape index (κ3) is 2.04. The Morgan fingerprint density at radius 3 is 2.50 bits per heavy atom. The molecule has 0 spiro atoms. The second kappa shape index (κ2) is 4.58. The summed E-state index contributed by atoms with van der Waals surface area (Å²) in [4.78, 5) is 0. The minimum Gasteiger partial charge on any atom is -0.496 e. The zero-order valence-corrected chi connectivity index (χ0v) is 10.5. The highest BCUT2D eigenvalue weighted by Crippen LogP contribution is 2.35. The average molecular weight is 278 g/mol. The normalized spacial score (nSPS) is 10.1. The van der Waals surface area contributed by atoms with E-state index in [0.29, 0.717) is 0 Å². The van der Waals surface area contributed by atoms with E-state index in [2.05, 4.69) is 15.9 Å². The number of ether oxygens (including phenoxy) is 1. The van der Waals surface area contributed by atoms with Crippen LogP contribution in [0.3, 0.4) is 0 Å². The van der Waals surface area contributed by atoms with Crippen LogP contribution in [0.4, 0.5) is 5.69 Å². The van der Waals surface area contributed by atoms with E-state index >= 15 is 0 Å². The summed E-state index contributed by atoms with van der Waals surface area (Å²) in [6.45, 7) is 0. The van der Waals surface area contributed by atoms with Crippen LogP contribution in [0.15, 0.2) is 46.9 Å². The molecule has 16 heavy (non-hydrogen) atoms. The number of rotatable bonds is 2. The van der Waals surface area contributed by atoms with Gasteiger partial charge < -0.3 is 10.5 Å². The van der Waals surface area contributed by atoms with Crippen LogP contribution in [-0.2, 0) is 0 Å². The van der Waals surface area contributed by atoms with Crippen molar-refractivity contribution >= 4 is 21.6 Å². The van der Waals surface area contributed by atoms with Gasteiger partial charge in [0.15, 0.2) is 0 Å². The SMILES string of the molecule is COc1cc(Br)ccc1-c1ccccc1N. The van der Waals surface area contributed by atoms with Gasteiger partial charge in [-0.2, -0.15) is 0 Å². The molecule has 0 atom stereocenters. The molecular weight excluding hydrogens is 266 g/mol. The molecule has 0 unspecified atom stereocenters. The first-order valence-corrected chi connectivity index (χ1v) is 5.70. The van der Waals surface area contributed by atoms with Crippen molar-refractivity contribution in [3.63, 3.8) is 0 Å². The van der Waals surface area contributed by atoms with E-state index in [4.69, 9.17) is 10.5 Å². The van der Waals surface area contributed by atoms with E-state index in [-0.39, 0.29) is 0 Å². The molecule has 0 aliphatic heterocycles. The zero-order valence-electron chi connectivity index (χ0n) is 8.91. The van der Waals surface area contributed by atoms with Gasteiger partial charge in [-0.15, -0.1) is 0 Å². The first-order chi connectivity index (χ1) is 7.72. The summed E-state index contributed by atoms with van der Waals surface area (Å²) in [6, 6.07) is 13.7. The molecular formula is C13H12BrNO. The van der Waals surface area contributed by atoms with Crippen LogP contribution in [0.2, 0.25) is 0 Å². The predicted molar refractivity (Wildman–Crippen MR) is 70.5 cm³/mol. The zero-order chi connectivity index (χ0) is 11.5. The van der Waals surface area contributed by atoms with Gasteiger partial charge in [0.25, 0.3) is 0 Å². The Labute approximate surface area is 103 Å². The fourth-order valence-electron chi connectivity index (χ4n) is 1.63. The molecule has 2 aromatic rings. The maximum absolute atomic E-state index is 5.95. The van der Waals surface area contributed by atoms with E-state index in [1.54, 1.807) is 7.11 Å². The van der Waals surface area contributed by atoms with Gasteiger partial charge in [-0.3, -0.25) is 0 Å². The van der Waals surface area contributed by atoms with Crippen molar-refractivity contribution in [2.24, 2.45) is 0 Å². The van der Waals surface area contributed by atoms with Crippen LogP contribution in [0, 0.1) is 0 Å². The second-order valence-electron chi connectivity index (χ2n) is 3.43. The Morgan fingerprint density at radius 2 is 1.81 bits per heavy atom. The molecule has 0 aliphatic rings.